The number of hydrogen-bond donors (Lipinski definition) is 2. The van der Waals surface area contributed by atoms with Crippen molar-refractivity contribution in [2.45, 2.75) is 33.3 Å². The third kappa shape index (κ3) is 4.91. The molecule has 0 amide bonds. The summed E-state index contributed by atoms with van der Waals surface area (Å²) in [7, 11) is 0. The lowest BCUT2D eigenvalue weighted by Crippen LogP contribution is -2.25. The smallest absolute Gasteiger partial charge is 0.327 e. The zero-order valence-corrected chi connectivity index (χ0v) is 7.74. The molecule has 0 saturated carbocycles. The maximum atomic E-state index is 10.1. The second kappa shape index (κ2) is 4.26. The van der Waals surface area contributed by atoms with Gasteiger partial charge in [-0.3, -0.25) is 0 Å². The zero-order chi connectivity index (χ0) is 9.78. The molecule has 0 radical (unpaired) electrons. The lowest BCUT2D eigenvalue weighted by Gasteiger charge is -2.24. The van der Waals surface area contributed by atoms with Crippen molar-refractivity contribution in [1.29, 1.82) is 0 Å². The van der Waals surface area contributed by atoms with E-state index in [-0.39, 0.29) is 5.41 Å². The Balaban J connectivity index is 3.87. The number of rotatable bonds is 3. The minimum Gasteiger partial charge on any atom is -0.478 e. The number of carboxylic acid groups (broad SMARTS) is 1. The van der Waals surface area contributed by atoms with Gasteiger partial charge in [-0.2, -0.15) is 0 Å². The number of carboxylic acids is 1. The van der Waals surface area contributed by atoms with E-state index in [0.29, 0.717) is 6.42 Å². The normalized spacial score (nSPS) is 15.0. The van der Waals surface area contributed by atoms with Gasteiger partial charge in [0.2, 0.25) is 0 Å². The molecule has 0 spiro atoms. The van der Waals surface area contributed by atoms with Crippen molar-refractivity contribution in [1.82, 2.24) is 0 Å². The first kappa shape index (κ1) is 11.2. The Morgan fingerprint density at radius 2 is 2.00 bits per heavy atom. The molecule has 2 N–H and O–H groups in total. The van der Waals surface area contributed by atoms with Crippen LogP contribution in [0.15, 0.2) is 12.2 Å². The second-order valence-corrected chi connectivity index (χ2v) is 3.86. The molecule has 0 aromatic heterocycles. The number of aliphatic hydroxyl groups is 1. The SMILES string of the molecule is CC(C)(C)C(O)CC=CC(=O)O. The summed E-state index contributed by atoms with van der Waals surface area (Å²) in [5.74, 6) is -0.976. The summed E-state index contributed by atoms with van der Waals surface area (Å²) in [6.07, 6.45) is 2.41. The molecular formula is C9H16O3. The topological polar surface area (TPSA) is 57.5 Å². The van der Waals surface area contributed by atoms with Crippen molar-refractivity contribution in [3.8, 4) is 0 Å². The molecule has 0 heterocycles. The standard InChI is InChI=1S/C9H16O3/c1-9(2,3)7(10)5-4-6-8(11)12/h4,6-7,10H,5H2,1-3H3,(H,11,12). The number of aliphatic carboxylic acids is 1. The van der Waals surface area contributed by atoms with Crippen molar-refractivity contribution >= 4 is 5.97 Å². The van der Waals surface area contributed by atoms with E-state index in [1.54, 1.807) is 0 Å². The first-order chi connectivity index (χ1) is 5.34. The Morgan fingerprint density at radius 3 is 2.33 bits per heavy atom. The van der Waals surface area contributed by atoms with Crippen molar-refractivity contribution in [3.05, 3.63) is 12.2 Å². The summed E-state index contributed by atoms with van der Waals surface area (Å²) in [4.78, 5) is 10.1. The average molecular weight is 172 g/mol. The minimum atomic E-state index is -0.976. The molecule has 0 aliphatic heterocycles. The van der Waals surface area contributed by atoms with Crippen molar-refractivity contribution in [3.63, 3.8) is 0 Å². The van der Waals surface area contributed by atoms with Crippen LogP contribution in [-0.2, 0) is 4.79 Å². The van der Waals surface area contributed by atoms with Gasteiger partial charge in [0, 0.05) is 6.08 Å². The van der Waals surface area contributed by atoms with Crippen LogP contribution >= 0.6 is 0 Å². The summed E-state index contributed by atoms with van der Waals surface area (Å²) in [6, 6.07) is 0. The van der Waals surface area contributed by atoms with Gasteiger partial charge in [-0.15, -0.1) is 0 Å². The molecule has 1 atom stereocenters. The van der Waals surface area contributed by atoms with Gasteiger partial charge in [0.15, 0.2) is 0 Å². The first-order valence-electron chi connectivity index (χ1n) is 3.91. The molecule has 0 aromatic rings. The highest BCUT2D eigenvalue weighted by molar-refractivity contribution is 5.79. The van der Waals surface area contributed by atoms with Crippen LogP contribution in [0.2, 0.25) is 0 Å². The van der Waals surface area contributed by atoms with Crippen LogP contribution < -0.4 is 0 Å². The Morgan fingerprint density at radius 1 is 1.50 bits per heavy atom. The highest BCUT2D eigenvalue weighted by Crippen LogP contribution is 2.21. The molecule has 70 valence electrons. The molecule has 3 nitrogen and oxygen atoms in total. The third-order valence-electron chi connectivity index (χ3n) is 1.62. The van der Waals surface area contributed by atoms with Gasteiger partial charge in [-0.05, 0) is 11.8 Å². The van der Waals surface area contributed by atoms with E-state index < -0.39 is 12.1 Å². The molecule has 0 bridgehead atoms. The summed E-state index contributed by atoms with van der Waals surface area (Å²) in [5.41, 5.74) is -0.192. The summed E-state index contributed by atoms with van der Waals surface area (Å²) >= 11 is 0. The maximum absolute atomic E-state index is 10.1. The molecule has 1 unspecified atom stereocenters. The Hall–Kier alpha value is -0.830. The van der Waals surface area contributed by atoms with Gasteiger partial charge < -0.3 is 10.2 Å². The van der Waals surface area contributed by atoms with E-state index in [1.165, 1.54) is 6.08 Å². The largest absolute Gasteiger partial charge is 0.478 e. The van der Waals surface area contributed by atoms with Crippen LogP contribution in [0.4, 0.5) is 0 Å². The molecule has 3 heteroatoms. The average Bonchev–Trinajstić information content (AvgIpc) is 1.84. The molecule has 12 heavy (non-hydrogen) atoms. The first-order valence-corrected chi connectivity index (χ1v) is 3.91. The highest BCUT2D eigenvalue weighted by Gasteiger charge is 2.20. The highest BCUT2D eigenvalue weighted by atomic mass is 16.4. The predicted molar refractivity (Wildman–Crippen MR) is 46.9 cm³/mol. The summed E-state index contributed by atoms with van der Waals surface area (Å²) in [5, 5.41) is 17.7. The lowest BCUT2D eigenvalue weighted by atomic mass is 9.87. The lowest BCUT2D eigenvalue weighted by molar-refractivity contribution is -0.131. The predicted octanol–water partition coefficient (Wildman–Crippen LogP) is 1.42. The monoisotopic (exact) mass is 172 g/mol. The number of aliphatic hydroxyl groups excluding tert-OH is 1. The van der Waals surface area contributed by atoms with E-state index in [0.717, 1.165) is 6.08 Å². The molecule has 0 aliphatic rings. The van der Waals surface area contributed by atoms with Gasteiger partial charge in [0.1, 0.15) is 0 Å². The Labute approximate surface area is 72.7 Å². The third-order valence-corrected chi connectivity index (χ3v) is 1.62. The minimum absolute atomic E-state index is 0.192. The molecule has 0 saturated heterocycles. The van der Waals surface area contributed by atoms with E-state index in [9.17, 15) is 9.90 Å². The maximum Gasteiger partial charge on any atom is 0.327 e. The fourth-order valence-corrected chi connectivity index (χ4v) is 0.651. The van der Waals surface area contributed by atoms with Crippen LogP contribution in [0.3, 0.4) is 0 Å². The van der Waals surface area contributed by atoms with E-state index in [2.05, 4.69) is 0 Å². The molecular weight excluding hydrogens is 156 g/mol. The molecule has 0 rings (SSSR count). The van der Waals surface area contributed by atoms with Crippen LogP contribution in [0, 0.1) is 5.41 Å². The van der Waals surface area contributed by atoms with Gasteiger partial charge in [-0.1, -0.05) is 26.8 Å². The second-order valence-electron chi connectivity index (χ2n) is 3.86. The van der Waals surface area contributed by atoms with Crippen LogP contribution in [0.25, 0.3) is 0 Å². The fourth-order valence-electron chi connectivity index (χ4n) is 0.651. The molecule has 0 aliphatic carbocycles. The van der Waals surface area contributed by atoms with E-state index in [1.807, 2.05) is 20.8 Å². The van der Waals surface area contributed by atoms with Gasteiger partial charge in [-0.25, -0.2) is 4.79 Å². The summed E-state index contributed by atoms with van der Waals surface area (Å²) < 4.78 is 0. The van der Waals surface area contributed by atoms with E-state index in [4.69, 9.17) is 5.11 Å². The van der Waals surface area contributed by atoms with Gasteiger partial charge >= 0.3 is 5.97 Å². The van der Waals surface area contributed by atoms with Gasteiger partial charge in [0.25, 0.3) is 0 Å². The van der Waals surface area contributed by atoms with E-state index >= 15 is 0 Å². The molecule has 0 fully saturated rings. The van der Waals surface area contributed by atoms with Crippen molar-refractivity contribution in [2.24, 2.45) is 5.41 Å². The zero-order valence-electron chi connectivity index (χ0n) is 7.74. The quantitative estimate of drug-likeness (QED) is 0.633. The number of carbonyl (C=O) groups is 1. The van der Waals surface area contributed by atoms with Crippen molar-refractivity contribution in [2.75, 3.05) is 0 Å². The Bertz CT molecular complexity index is 177. The number of hydrogen-bond acceptors (Lipinski definition) is 2. The van der Waals surface area contributed by atoms with Crippen LogP contribution in [-0.4, -0.2) is 22.3 Å². The molecule has 0 aromatic carbocycles. The Kier molecular flexibility index (Phi) is 3.96. The van der Waals surface area contributed by atoms with Crippen LogP contribution in [0.1, 0.15) is 27.2 Å². The fraction of sp³-hybridized carbons (Fsp3) is 0.667. The van der Waals surface area contributed by atoms with Crippen molar-refractivity contribution < 1.29 is 15.0 Å². The van der Waals surface area contributed by atoms with Crippen LogP contribution in [0.5, 0.6) is 0 Å². The summed E-state index contributed by atoms with van der Waals surface area (Å²) in [6.45, 7) is 5.73. The van der Waals surface area contributed by atoms with Gasteiger partial charge in [0.05, 0.1) is 6.10 Å².